The third kappa shape index (κ3) is 1.85. The Morgan fingerprint density at radius 2 is 2.07 bits per heavy atom. The molecule has 1 fully saturated rings. The zero-order valence-corrected chi connectivity index (χ0v) is 9.72. The summed E-state index contributed by atoms with van der Waals surface area (Å²) in [5.41, 5.74) is 3.14. The fraction of sp³-hybridized carbons (Fsp3) is 0.538. The lowest BCUT2D eigenvalue weighted by molar-refractivity contribution is 0.365. The molecule has 0 aromatic rings. The van der Waals surface area contributed by atoms with E-state index in [4.69, 9.17) is 0 Å². The molecule has 1 saturated heterocycles. The first-order valence-electron chi connectivity index (χ1n) is 5.78. The molecule has 2 atom stereocenters. The molecule has 0 amide bonds. The SMILES string of the molecule is C1=CC2=C3NCCCC3CCC2C=C1.Cl. The lowest BCUT2D eigenvalue weighted by Gasteiger charge is -2.36. The van der Waals surface area contributed by atoms with Gasteiger partial charge in [-0.1, -0.05) is 24.3 Å². The number of fused-ring (bicyclic) bond motifs is 2. The molecule has 0 aromatic carbocycles. The van der Waals surface area contributed by atoms with E-state index >= 15 is 0 Å². The van der Waals surface area contributed by atoms with Gasteiger partial charge in [-0.2, -0.15) is 0 Å². The largest absolute Gasteiger partial charge is 0.388 e. The van der Waals surface area contributed by atoms with Crippen molar-refractivity contribution in [3.8, 4) is 0 Å². The van der Waals surface area contributed by atoms with E-state index in [2.05, 4.69) is 29.6 Å². The van der Waals surface area contributed by atoms with E-state index in [-0.39, 0.29) is 12.4 Å². The molecule has 3 aliphatic rings. The van der Waals surface area contributed by atoms with Crippen molar-refractivity contribution in [3.63, 3.8) is 0 Å². The van der Waals surface area contributed by atoms with Crippen LogP contribution in [0.4, 0.5) is 0 Å². The van der Waals surface area contributed by atoms with Gasteiger partial charge in [-0.3, -0.25) is 0 Å². The second kappa shape index (κ2) is 4.44. The van der Waals surface area contributed by atoms with Gasteiger partial charge in [0, 0.05) is 18.2 Å². The van der Waals surface area contributed by atoms with Crippen LogP contribution in [0.15, 0.2) is 35.6 Å². The maximum absolute atomic E-state index is 3.61. The predicted octanol–water partition coefficient (Wildman–Crippen LogP) is 3.20. The maximum Gasteiger partial charge on any atom is 0.0177 e. The van der Waals surface area contributed by atoms with Crippen LogP contribution in [-0.2, 0) is 0 Å². The summed E-state index contributed by atoms with van der Waals surface area (Å²) in [6.07, 6.45) is 14.5. The van der Waals surface area contributed by atoms with Gasteiger partial charge in [0.15, 0.2) is 0 Å². The van der Waals surface area contributed by atoms with E-state index in [1.54, 1.807) is 11.3 Å². The molecule has 0 radical (unpaired) electrons. The van der Waals surface area contributed by atoms with Crippen LogP contribution in [0.25, 0.3) is 0 Å². The Kier molecular flexibility index (Phi) is 3.20. The van der Waals surface area contributed by atoms with Crippen molar-refractivity contribution in [3.05, 3.63) is 35.6 Å². The van der Waals surface area contributed by atoms with Crippen molar-refractivity contribution in [2.45, 2.75) is 25.7 Å². The van der Waals surface area contributed by atoms with Crippen LogP contribution in [-0.4, -0.2) is 6.54 Å². The number of piperidine rings is 1. The van der Waals surface area contributed by atoms with Gasteiger partial charge in [0.2, 0.25) is 0 Å². The Morgan fingerprint density at radius 3 is 3.00 bits per heavy atom. The average molecular weight is 224 g/mol. The van der Waals surface area contributed by atoms with E-state index in [0.717, 1.165) is 5.92 Å². The van der Waals surface area contributed by atoms with E-state index in [0.29, 0.717) is 5.92 Å². The Labute approximate surface area is 97.7 Å². The number of hydrogen-bond donors (Lipinski definition) is 1. The summed E-state index contributed by atoms with van der Waals surface area (Å²) >= 11 is 0. The highest BCUT2D eigenvalue weighted by molar-refractivity contribution is 5.85. The molecular formula is C13H18ClN. The molecule has 1 N–H and O–H groups in total. The molecule has 82 valence electrons. The van der Waals surface area contributed by atoms with Crippen molar-refractivity contribution in [1.29, 1.82) is 0 Å². The van der Waals surface area contributed by atoms with Gasteiger partial charge in [-0.15, -0.1) is 12.4 Å². The maximum atomic E-state index is 3.61. The molecule has 0 bridgehead atoms. The minimum absolute atomic E-state index is 0. The predicted molar refractivity (Wildman–Crippen MR) is 66.0 cm³/mol. The smallest absolute Gasteiger partial charge is 0.0177 e. The number of halogens is 1. The number of rotatable bonds is 0. The van der Waals surface area contributed by atoms with Gasteiger partial charge in [0.05, 0.1) is 0 Å². The second-order valence-electron chi connectivity index (χ2n) is 4.56. The van der Waals surface area contributed by atoms with E-state index < -0.39 is 0 Å². The van der Waals surface area contributed by atoms with Gasteiger partial charge in [-0.05, 0) is 37.2 Å². The summed E-state index contributed by atoms with van der Waals surface area (Å²) in [6.45, 7) is 1.18. The van der Waals surface area contributed by atoms with E-state index in [1.165, 1.54) is 32.2 Å². The van der Waals surface area contributed by atoms with Gasteiger partial charge in [-0.25, -0.2) is 0 Å². The van der Waals surface area contributed by atoms with Crippen LogP contribution >= 0.6 is 12.4 Å². The van der Waals surface area contributed by atoms with Crippen molar-refractivity contribution < 1.29 is 0 Å². The van der Waals surface area contributed by atoms with Crippen LogP contribution in [0.1, 0.15) is 25.7 Å². The van der Waals surface area contributed by atoms with Crippen LogP contribution < -0.4 is 5.32 Å². The summed E-state index contributed by atoms with van der Waals surface area (Å²) in [5.74, 6) is 1.54. The lowest BCUT2D eigenvalue weighted by Crippen LogP contribution is -2.33. The average Bonchev–Trinajstić information content (AvgIpc) is 2.29. The molecule has 0 saturated carbocycles. The van der Waals surface area contributed by atoms with Crippen LogP contribution in [0.5, 0.6) is 0 Å². The van der Waals surface area contributed by atoms with Gasteiger partial charge >= 0.3 is 0 Å². The molecule has 2 unspecified atom stereocenters. The van der Waals surface area contributed by atoms with Crippen LogP contribution in [0.2, 0.25) is 0 Å². The van der Waals surface area contributed by atoms with Crippen molar-refractivity contribution in [2.75, 3.05) is 6.54 Å². The van der Waals surface area contributed by atoms with Crippen molar-refractivity contribution in [1.82, 2.24) is 5.32 Å². The fourth-order valence-electron chi connectivity index (χ4n) is 2.99. The normalized spacial score (nSPS) is 32.5. The summed E-state index contributed by atoms with van der Waals surface area (Å²) in [6, 6.07) is 0. The Morgan fingerprint density at radius 1 is 1.13 bits per heavy atom. The topological polar surface area (TPSA) is 12.0 Å². The summed E-state index contributed by atoms with van der Waals surface area (Å²) in [7, 11) is 0. The zero-order chi connectivity index (χ0) is 9.38. The molecule has 2 aliphatic carbocycles. The first-order chi connectivity index (χ1) is 6.95. The van der Waals surface area contributed by atoms with Gasteiger partial charge in [0.25, 0.3) is 0 Å². The number of allylic oxidation sites excluding steroid dienone is 6. The Bertz CT molecular complexity index is 327. The molecule has 1 aliphatic heterocycles. The minimum Gasteiger partial charge on any atom is -0.388 e. The van der Waals surface area contributed by atoms with Crippen molar-refractivity contribution >= 4 is 12.4 Å². The minimum atomic E-state index is 0. The summed E-state index contributed by atoms with van der Waals surface area (Å²) < 4.78 is 0. The molecular weight excluding hydrogens is 206 g/mol. The van der Waals surface area contributed by atoms with E-state index in [1.807, 2.05) is 0 Å². The summed E-state index contributed by atoms with van der Waals surface area (Å²) in [5, 5.41) is 3.61. The monoisotopic (exact) mass is 223 g/mol. The zero-order valence-electron chi connectivity index (χ0n) is 8.91. The Hall–Kier alpha value is -0.690. The third-order valence-corrected chi connectivity index (χ3v) is 3.72. The summed E-state index contributed by atoms with van der Waals surface area (Å²) in [4.78, 5) is 0. The van der Waals surface area contributed by atoms with Gasteiger partial charge < -0.3 is 5.32 Å². The first-order valence-corrected chi connectivity index (χ1v) is 5.78. The molecule has 0 spiro atoms. The number of nitrogens with one attached hydrogen (secondary N) is 1. The third-order valence-electron chi connectivity index (χ3n) is 3.72. The van der Waals surface area contributed by atoms with Crippen molar-refractivity contribution in [2.24, 2.45) is 11.8 Å². The highest BCUT2D eigenvalue weighted by Gasteiger charge is 2.29. The highest BCUT2D eigenvalue weighted by Crippen LogP contribution is 2.39. The van der Waals surface area contributed by atoms with Crippen LogP contribution in [0, 0.1) is 11.8 Å². The quantitative estimate of drug-likeness (QED) is 0.665. The molecule has 0 aromatic heterocycles. The molecule has 2 heteroatoms. The Balaban J connectivity index is 0.000000853. The van der Waals surface area contributed by atoms with Crippen LogP contribution in [0.3, 0.4) is 0 Å². The lowest BCUT2D eigenvalue weighted by atomic mass is 9.75. The van der Waals surface area contributed by atoms with E-state index in [9.17, 15) is 0 Å². The molecule has 1 nitrogen and oxygen atoms in total. The second-order valence-corrected chi connectivity index (χ2v) is 4.56. The molecule has 3 rings (SSSR count). The first kappa shape index (κ1) is 10.8. The molecule has 1 heterocycles. The molecule has 15 heavy (non-hydrogen) atoms. The number of hydrogen-bond acceptors (Lipinski definition) is 1. The van der Waals surface area contributed by atoms with Gasteiger partial charge in [0.1, 0.15) is 0 Å². The fourth-order valence-corrected chi connectivity index (χ4v) is 2.99. The highest BCUT2D eigenvalue weighted by atomic mass is 35.5. The standard InChI is InChI=1S/C13H17N.ClH/c1-2-6-12-10(4-1)7-8-11-5-3-9-14-13(11)12;/h1-2,4,6,10-11,14H,3,5,7-9H2;1H.